The number of ether oxygens (including phenoxy) is 1. The van der Waals surface area contributed by atoms with Gasteiger partial charge in [0.25, 0.3) is 11.5 Å². The minimum absolute atomic E-state index is 0.0778. The second-order valence-electron chi connectivity index (χ2n) is 7.13. The van der Waals surface area contributed by atoms with Crippen molar-refractivity contribution in [2.24, 2.45) is 5.92 Å². The predicted octanol–water partition coefficient (Wildman–Crippen LogP) is 2.79. The summed E-state index contributed by atoms with van der Waals surface area (Å²) < 4.78 is 10.5. The molecule has 29 heavy (non-hydrogen) atoms. The molecule has 0 aromatic carbocycles. The van der Waals surface area contributed by atoms with Crippen LogP contribution in [0.15, 0.2) is 27.6 Å². The molecule has 1 amide bonds. The monoisotopic (exact) mass is 415 g/mol. The third kappa shape index (κ3) is 3.82. The van der Waals surface area contributed by atoms with Gasteiger partial charge in [0.2, 0.25) is 0 Å². The molecule has 0 unspecified atom stereocenters. The molecule has 9 heteroatoms. The number of nitrogens with one attached hydrogen (secondary N) is 1. The molecule has 4 rings (SSSR count). The van der Waals surface area contributed by atoms with Crippen molar-refractivity contribution in [1.82, 2.24) is 14.9 Å². The van der Waals surface area contributed by atoms with E-state index in [9.17, 15) is 14.4 Å². The first kappa shape index (κ1) is 19.4. The Bertz CT molecular complexity index is 1110. The number of furan rings is 1. The van der Waals surface area contributed by atoms with Gasteiger partial charge in [0.15, 0.2) is 5.76 Å². The van der Waals surface area contributed by atoms with Crippen LogP contribution in [0.5, 0.6) is 0 Å². The highest BCUT2D eigenvalue weighted by Crippen LogP contribution is 2.26. The molecule has 0 radical (unpaired) electrons. The number of piperidine rings is 1. The van der Waals surface area contributed by atoms with Crippen LogP contribution in [0.3, 0.4) is 0 Å². The number of hydrogen-bond acceptors (Lipinski definition) is 7. The molecule has 3 aromatic heterocycles. The van der Waals surface area contributed by atoms with Gasteiger partial charge in [-0.05, 0) is 44.4 Å². The van der Waals surface area contributed by atoms with E-state index in [0.29, 0.717) is 47.7 Å². The molecule has 1 aliphatic rings. The summed E-state index contributed by atoms with van der Waals surface area (Å²) in [5.41, 5.74) is 0.714. The molecule has 0 aliphatic carbocycles. The molecule has 1 aliphatic heterocycles. The average molecular weight is 415 g/mol. The summed E-state index contributed by atoms with van der Waals surface area (Å²) in [5, 5.41) is 0.594. The molecule has 3 aromatic rings. The van der Waals surface area contributed by atoms with Gasteiger partial charge in [0.05, 0.1) is 17.6 Å². The Labute approximate surface area is 170 Å². The van der Waals surface area contributed by atoms with Gasteiger partial charge in [0.1, 0.15) is 17.3 Å². The van der Waals surface area contributed by atoms with Crippen molar-refractivity contribution in [2.75, 3.05) is 13.1 Å². The smallest absolute Gasteiger partial charge is 0.309 e. The van der Waals surface area contributed by atoms with Gasteiger partial charge in [-0.25, -0.2) is 4.98 Å². The Kier molecular flexibility index (Phi) is 5.23. The molecule has 4 heterocycles. The number of aromatic amines is 1. The zero-order valence-corrected chi connectivity index (χ0v) is 17.0. The summed E-state index contributed by atoms with van der Waals surface area (Å²) in [4.78, 5) is 47.5. The summed E-state index contributed by atoms with van der Waals surface area (Å²) in [6, 6.07) is 3.30. The van der Waals surface area contributed by atoms with Crippen LogP contribution >= 0.6 is 11.3 Å². The Balaban J connectivity index is 1.34. The van der Waals surface area contributed by atoms with E-state index < -0.39 is 0 Å². The first-order valence-corrected chi connectivity index (χ1v) is 10.2. The first-order chi connectivity index (χ1) is 13.9. The van der Waals surface area contributed by atoms with Crippen LogP contribution in [0.2, 0.25) is 0 Å². The fraction of sp³-hybridized carbons (Fsp3) is 0.400. The summed E-state index contributed by atoms with van der Waals surface area (Å²) in [7, 11) is 0. The third-order valence-electron chi connectivity index (χ3n) is 5.29. The van der Waals surface area contributed by atoms with E-state index in [1.165, 1.54) is 17.6 Å². The number of aromatic nitrogens is 2. The Hall–Kier alpha value is -2.94. The van der Waals surface area contributed by atoms with E-state index in [-0.39, 0.29) is 30.0 Å². The molecule has 8 nitrogen and oxygen atoms in total. The van der Waals surface area contributed by atoms with Crippen LogP contribution in [0, 0.1) is 19.8 Å². The third-order valence-corrected chi connectivity index (χ3v) is 6.39. The SMILES string of the molecule is Cc1sc2nc(COC(=O)C3CCN(C(=O)c4ccco4)CC3)[nH]c(=O)c2c1C. The van der Waals surface area contributed by atoms with Crippen molar-refractivity contribution in [2.45, 2.75) is 33.3 Å². The Morgan fingerprint density at radius 1 is 1.34 bits per heavy atom. The van der Waals surface area contributed by atoms with Crippen LogP contribution in [0.25, 0.3) is 10.2 Å². The number of amides is 1. The van der Waals surface area contributed by atoms with E-state index >= 15 is 0 Å². The van der Waals surface area contributed by atoms with Crippen molar-refractivity contribution in [1.29, 1.82) is 0 Å². The second kappa shape index (κ2) is 7.82. The lowest BCUT2D eigenvalue weighted by Crippen LogP contribution is -2.40. The predicted molar refractivity (Wildman–Crippen MR) is 107 cm³/mol. The zero-order chi connectivity index (χ0) is 20.5. The largest absolute Gasteiger partial charge is 0.459 e. The van der Waals surface area contributed by atoms with Crippen LogP contribution in [-0.4, -0.2) is 39.8 Å². The normalized spacial score (nSPS) is 15.0. The lowest BCUT2D eigenvalue weighted by Gasteiger charge is -2.30. The van der Waals surface area contributed by atoms with Crippen LogP contribution in [0.4, 0.5) is 0 Å². The molecule has 1 saturated heterocycles. The van der Waals surface area contributed by atoms with Gasteiger partial charge < -0.3 is 19.0 Å². The van der Waals surface area contributed by atoms with Gasteiger partial charge in [0, 0.05) is 18.0 Å². The summed E-state index contributed by atoms with van der Waals surface area (Å²) in [6.45, 7) is 4.70. The number of H-pyrrole nitrogens is 1. The number of fused-ring (bicyclic) bond motifs is 1. The van der Waals surface area contributed by atoms with Crippen molar-refractivity contribution in [3.05, 3.63) is 50.8 Å². The molecule has 0 spiro atoms. The van der Waals surface area contributed by atoms with E-state index in [2.05, 4.69) is 9.97 Å². The van der Waals surface area contributed by atoms with E-state index in [1.807, 2.05) is 13.8 Å². The summed E-state index contributed by atoms with van der Waals surface area (Å²) >= 11 is 1.45. The lowest BCUT2D eigenvalue weighted by atomic mass is 9.97. The van der Waals surface area contributed by atoms with E-state index in [0.717, 1.165) is 10.4 Å². The lowest BCUT2D eigenvalue weighted by molar-refractivity contribution is -0.151. The summed E-state index contributed by atoms with van der Waals surface area (Å²) in [5.74, 6) is -0.148. The number of thiophene rings is 1. The Morgan fingerprint density at radius 2 is 2.10 bits per heavy atom. The minimum Gasteiger partial charge on any atom is -0.459 e. The van der Waals surface area contributed by atoms with Crippen molar-refractivity contribution in [3.63, 3.8) is 0 Å². The van der Waals surface area contributed by atoms with Crippen LogP contribution in [-0.2, 0) is 16.1 Å². The number of esters is 1. The van der Waals surface area contributed by atoms with Gasteiger partial charge >= 0.3 is 5.97 Å². The van der Waals surface area contributed by atoms with Crippen LogP contribution < -0.4 is 5.56 Å². The van der Waals surface area contributed by atoms with Crippen LogP contribution in [0.1, 0.15) is 39.7 Å². The zero-order valence-electron chi connectivity index (χ0n) is 16.2. The van der Waals surface area contributed by atoms with Gasteiger partial charge in [-0.15, -0.1) is 11.3 Å². The highest BCUT2D eigenvalue weighted by atomic mass is 32.1. The number of nitrogens with zero attached hydrogens (tertiary/aromatic N) is 2. The van der Waals surface area contributed by atoms with E-state index in [1.54, 1.807) is 17.0 Å². The van der Waals surface area contributed by atoms with Gasteiger partial charge in [-0.2, -0.15) is 0 Å². The second-order valence-corrected chi connectivity index (χ2v) is 8.33. The van der Waals surface area contributed by atoms with Crippen molar-refractivity contribution >= 4 is 33.4 Å². The topological polar surface area (TPSA) is 106 Å². The molecule has 1 N–H and O–H groups in total. The maximum absolute atomic E-state index is 12.4. The molecule has 152 valence electrons. The molecular formula is C20H21N3O5S. The molecule has 1 fully saturated rings. The maximum atomic E-state index is 12.4. The highest BCUT2D eigenvalue weighted by molar-refractivity contribution is 7.18. The fourth-order valence-electron chi connectivity index (χ4n) is 3.50. The number of rotatable bonds is 4. The Morgan fingerprint density at radius 3 is 2.79 bits per heavy atom. The number of hydrogen-bond donors (Lipinski definition) is 1. The molecule has 0 saturated carbocycles. The first-order valence-electron chi connectivity index (χ1n) is 9.42. The number of carbonyl (C=O) groups excluding carboxylic acids is 2. The molecule has 0 atom stereocenters. The molecule has 0 bridgehead atoms. The standard InChI is InChI=1S/C20H21N3O5S/c1-11-12(2)29-18-16(11)17(24)21-15(22-18)10-28-20(26)13-5-7-23(8-6-13)19(25)14-4-3-9-27-14/h3-4,9,13H,5-8,10H2,1-2H3,(H,21,22,24). The highest BCUT2D eigenvalue weighted by Gasteiger charge is 2.29. The number of aryl methyl sites for hydroxylation is 2. The number of carbonyl (C=O) groups is 2. The van der Waals surface area contributed by atoms with Gasteiger partial charge in [-0.1, -0.05) is 0 Å². The van der Waals surface area contributed by atoms with Crippen molar-refractivity contribution < 1.29 is 18.7 Å². The number of likely N-dealkylation sites (tertiary alicyclic amines) is 1. The molecular weight excluding hydrogens is 394 g/mol. The minimum atomic E-state index is -0.337. The maximum Gasteiger partial charge on any atom is 0.309 e. The van der Waals surface area contributed by atoms with Crippen molar-refractivity contribution in [3.8, 4) is 0 Å². The quantitative estimate of drug-likeness (QED) is 0.657. The average Bonchev–Trinajstić information content (AvgIpc) is 3.34. The van der Waals surface area contributed by atoms with E-state index in [4.69, 9.17) is 9.15 Å². The fourth-order valence-corrected chi connectivity index (χ4v) is 4.55. The summed E-state index contributed by atoms with van der Waals surface area (Å²) in [6.07, 6.45) is 2.51. The van der Waals surface area contributed by atoms with Gasteiger partial charge in [-0.3, -0.25) is 14.4 Å².